The molecule has 1 N–H and O–H groups in total. The predicted octanol–water partition coefficient (Wildman–Crippen LogP) is 2.13. The Morgan fingerprint density at radius 3 is 2.60 bits per heavy atom. The number of hydrogen-bond donors (Lipinski definition) is 1. The van der Waals surface area contributed by atoms with E-state index in [1.165, 1.54) is 18.5 Å². The van der Waals surface area contributed by atoms with Gasteiger partial charge in [-0.3, -0.25) is 0 Å². The van der Waals surface area contributed by atoms with Gasteiger partial charge < -0.3 is 10.2 Å². The van der Waals surface area contributed by atoms with Crippen molar-refractivity contribution in [3.05, 3.63) is 11.6 Å². The van der Waals surface area contributed by atoms with E-state index in [0.717, 1.165) is 18.4 Å². The highest BCUT2D eigenvalue weighted by Gasteiger charge is 2.27. The van der Waals surface area contributed by atoms with Gasteiger partial charge in [-0.25, -0.2) is 0 Å². The molecular formula is C13H26N2. The molecule has 2 nitrogen and oxygen atoms in total. The molecule has 0 aromatic heterocycles. The third-order valence-corrected chi connectivity index (χ3v) is 3.33. The fourth-order valence-electron chi connectivity index (χ4n) is 2.44. The van der Waals surface area contributed by atoms with E-state index < -0.39 is 0 Å². The van der Waals surface area contributed by atoms with Crippen LogP contribution in [0.3, 0.4) is 0 Å². The first-order chi connectivity index (χ1) is 7.02. The average molecular weight is 210 g/mol. The van der Waals surface area contributed by atoms with Gasteiger partial charge in [0.1, 0.15) is 0 Å². The van der Waals surface area contributed by atoms with Crippen LogP contribution in [0.2, 0.25) is 0 Å². The van der Waals surface area contributed by atoms with Crippen LogP contribution in [0.25, 0.3) is 0 Å². The summed E-state index contributed by atoms with van der Waals surface area (Å²) in [6.45, 7) is 9.23. The van der Waals surface area contributed by atoms with Crippen molar-refractivity contribution in [2.45, 2.75) is 33.2 Å². The normalized spacial score (nSPS) is 24.5. The molecule has 0 aromatic rings. The minimum atomic E-state index is 0.584. The van der Waals surface area contributed by atoms with E-state index in [9.17, 15) is 0 Å². The average Bonchev–Trinajstić information content (AvgIpc) is 2.15. The Bertz CT molecular complexity index is 219. The molecule has 2 atom stereocenters. The Balaban J connectivity index is 2.70. The summed E-state index contributed by atoms with van der Waals surface area (Å²) in [5.41, 5.74) is 1.53. The maximum absolute atomic E-state index is 3.66. The Morgan fingerprint density at radius 2 is 2.13 bits per heavy atom. The molecular weight excluding hydrogens is 184 g/mol. The first kappa shape index (κ1) is 12.7. The summed E-state index contributed by atoms with van der Waals surface area (Å²) < 4.78 is 0. The van der Waals surface area contributed by atoms with Crippen molar-refractivity contribution in [1.82, 2.24) is 10.2 Å². The van der Waals surface area contributed by atoms with E-state index in [1.54, 1.807) is 0 Å². The summed E-state index contributed by atoms with van der Waals surface area (Å²) in [6, 6.07) is 0.584. The van der Waals surface area contributed by atoms with Crippen molar-refractivity contribution in [2.24, 2.45) is 11.8 Å². The molecule has 1 heterocycles. The minimum Gasteiger partial charge on any atom is -0.310 e. The van der Waals surface area contributed by atoms with Gasteiger partial charge >= 0.3 is 0 Å². The third-order valence-electron chi connectivity index (χ3n) is 3.33. The van der Waals surface area contributed by atoms with Crippen LogP contribution in [0, 0.1) is 11.8 Å². The van der Waals surface area contributed by atoms with Gasteiger partial charge in [-0.2, -0.15) is 0 Å². The second-order valence-electron chi connectivity index (χ2n) is 5.34. The molecule has 0 radical (unpaired) electrons. The Labute approximate surface area is 94.7 Å². The standard InChI is InChI=1S/C13H26N2/c1-10(2)12(9-15(4)5)13-11(3)7-6-8-14-13/h7,10,12-14H,6,8-9H2,1-5H3. The topological polar surface area (TPSA) is 15.3 Å². The highest BCUT2D eigenvalue weighted by atomic mass is 15.1. The van der Waals surface area contributed by atoms with Gasteiger partial charge in [0.2, 0.25) is 0 Å². The van der Waals surface area contributed by atoms with E-state index in [0.29, 0.717) is 6.04 Å². The van der Waals surface area contributed by atoms with E-state index >= 15 is 0 Å². The highest BCUT2D eigenvalue weighted by molar-refractivity contribution is 5.13. The first-order valence-electron chi connectivity index (χ1n) is 6.07. The molecule has 0 aromatic carbocycles. The fourth-order valence-corrected chi connectivity index (χ4v) is 2.44. The van der Waals surface area contributed by atoms with Gasteiger partial charge in [-0.1, -0.05) is 25.5 Å². The van der Waals surface area contributed by atoms with Crippen LogP contribution in [-0.2, 0) is 0 Å². The lowest BCUT2D eigenvalue weighted by atomic mass is 9.83. The third kappa shape index (κ3) is 3.62. The van der Waals surface area contributed by atoms with E-state index in [1.807, 2.05) is 0 Å². The predicted molar refractivity (Wildman–Crippen MR) is 67.0 cm³/mol. The molecule has 0 bridgehead atoms. The van der Waals surface area contributed by atoms with Crippen LogP contribution < -0.4 is 5.32 Å². The molecule has 0 saturated heterocycles. The maximum atomic E-state index is 3.66. The van der Waals surface area contributed by atoms with Gasteiger partial charge in [-0.15, -0.1) is 0 Å². The van der Waals surface area contributed by atoms with Crippen LogP contribution in [-0.4, -0.2) is 38.1 Å². The van der Waals surface area contributed by atoms with Gasteiger partial charge in [0.15, 0.2) is 0 Å². The Hall–Kier alpha value is -0.340. The molecule has 0 aliphatic carbocycles. The molecule has 15 heavy (non-hydrogen) atoms. The quantitative estimate of drug-likeness (QED) is 0.715. The van der Waals surface area contributed by atoms with E-state index in [4.69, 9.17) is 0 Å². The van der Waals surface area contributed by atoms with Crippen molar-refractivity contribution >= 4 is 0 Å². The SMILES string of the molecule is CC1=CCCNC1C(CN(C)C)C(C)C. The van der Waals surface area contributed by atoms with Crippen molar-refractivity contribution in [3.8, 4) is 0 Å². The van der Waals surface area contributed by atoms with Gasteiger partial charge in [0.05, 0.1) is 0 Å². The van der Waals surface area contributed by atoms with Crippen LogP contribution in [0.15, 0.2) is 11.6 Å². The van der Waals surface area contributed by atoms with Crippen molar-refractivity contribution in [3.63, 3.8) is 0 Å². The zero-order valence-corrected chi connectivity index (χ0v) is 10.9. The Morgan fingerprint density at radius 1 is 1.47 bits per heavy atom. The van der Waals surface area contributed by atoms with Crippen molar-refractivity contribution < 1.29 is 0 Å². The lowest BCUT2D eigenvalue weighted by molar-refractivity contribution is 0.223. The van der Waals surface area contributed by atoms with Gasteiger partial charge in [0.25, 0.3) is 0 Å². The lowest BCUT2D eigenvalue weighted by Crippen LogP contribution is -2.46. The van der Waals surface area contributed by atoms with Gasteiger partial charge in [0, 0.05) is 12.6 Å². The van der Waals surface area contributed by atoms with Gasteiger partial charge in [-0.05, 0) is 45.8 Å². The summed E-state index contributed by atoms with van der Waals surface area (Å²) in [6.07, 6.45) is 3.58. The number of nitrogens with one attached hydrogen (secondary N) is 1. The molecule has 2 heteroatoms. The zero-order chi connectivity index (χ0) is 11.4. The Kier molecular flexibility index (Phi) is 4.81. The van der Waals surface area contributed by atoms with Crippen LogP contribution >= 0.6 is 0 Å². The van der Waals surface area contributed by atoms with Crippen molar-refractivity contribution in [1.29, 1.82) is 0 Å². The van der Waals surface area contributed by atoms with Crippen molar-refractivity contribution in [2.75, 3.05) is 27.2 Å². The van der Waals surface area contributed by atoms with E-state index in [2.05, 4.69) is 51.2 Å². The molecule has 0 fully saturated rings. The minimum absolute atomic E-state index is 0.584. The molecule has 2 unspecified atom stereocenters. The molecule has 0 saturated carbocycles. The monoisotopic (exact) mass is 210 g/mol. The number of rotatable bonds is 4. The largest absolute Gasteiger partial charge is 0.310 e. The smallest absolute Gasteiger partial charge is 0.0319 e. The zero-order valence-electron chi connectivity index (χ0n) is 10.9. The molecule has 1 aliphatic heterocycles. The summed E-state index contributed by atoms with van der Waals surface area (Å²) >= 11 is 0. The van der Waals surface area contributed by atoms with E-state index in [-0.39, 0.29) is 0 Å². The lowest BCUT2D eigenvalue weighted by Gasteiger charge is -2.35. The fraction of sp³-hybridized carbons (Fsp3) is 0.846. The second kappa shape index (κ2) is 5.66. The molecule has 0 amide bonds. The summed E-state index contributed by atoms with van der Waals surface area (Å²) in [5.74, 6) is 1.45. The number of nitrogens with zero attached hydrogens (tertiary/aromatic N) is 1. The van der Waals surface area contributed by atoms with Crippen LogP contribution in [0.4, 0.5) is 0 Å². The molecule has 1 aliphatic rings. The van der Waals surface area contributed by atoms with Crippen LogP contribution in [0.5, 0.6) is 0 Å². The maximum Gasteiger partial charge on any atom is 0.0319 e. The molecule has 0 spiro atoms. The molecule has 88 valence electrons. The first-order valence-corrected chi connectivity index (χ1v) is 6.07. The second-order valence-corrected chi connectivity index (χ2v) is 5.34. The highest BCUT2D eigenvalue weighted by Crippen LogP contribution is 2.23. The number of hydrogen-bond acceptors (Lipinski definition) is 2. The summed E-state index contributed by atoms with van der Waals surface area (Å²) in [7, 11) is 4.33. The summed E-state index contributed by atoms with van der Waals surface area (Å²) in [5, 5.41) is 3.66. The molecule has 1 rings (SSSR count). The summed E-state index contributed by atoms with van der Waals surface area (Å²) in [4.78, 5) is 2.30. The van der Waals surface area contributed by atoms with Crippen LogP contribution in [0.1, 0.15) is 27.2 Å².